The van der Waals surface area contributed by atoms with Gasteiger partial charge in [-0.15, -0.1) is 0 Å². The molecule has 0 N–H and O–H groups in total. The van der Waals surface area contributed by atoms with Gasteiger partial charge in [0, 0.05) is 44.1 Å². The highest BCUT2D eigenvalue weighted by atomic mass is 35.5. The zero-order valence-electron chi connectivity index (χ0n) is 23.5. The highest BCUT2D eigenvalue weighted by Gasteiger charge is 2.44. The maximum absolute atomic E-state index is 6.92. The topological polar surface area (TPSA) is 67.9 Å². The van der Waals surface area contributed by atoms with Crippen LogP contribution in [0.25, 0.3) is 22.3 Å². The Balaban J connectivity index is 1.41. The van der Waals surface area contributed by atoms with Gasteiger partial charge in [0.2, 0.25) is 0 Å². The monoisotopic (exact) mass is 550 g/mol. The molecule has 2 aromatic heterocycles. The molecule has 0 saturated carbocycles. The van der Waals surface area contributed by atoms with Gasteiger partial charge in [0.25, 0.3) is 0 Å². The van der Waals surface area contributed by atoms with Crippen LogP contribution in [0.2, 0.25) is 30.7 Å². The number of piperidine rings is 1. The molecule has 6 rings (SSSR count). The Hall–Kier alpha value is -2.29. The third-order valence-corrected chi connectivity index (χ3v) is 10.4. The van der Waals surface area contributed by atoms with Gasteiger partial charge in [-0.05, 0) is 50.1 Å². The maximum atomic E-state index is 6.92. The summed E-state index contributed by atoms with van der Waals surface area (Å²) in [4.78, 5) is 22.0. The highest BCUT2D eigenvalue weighted by molar-refractivity contribution is 6.76. The Morgan fingerprint density at radius 1 is 1.08 bits per heavy atom. The zero-order chi connectivity index (χ0) is 26.8. The van der Waals surface area contributed by atoms with Crippen molar-refractivity contribution in [1.82, 2.24) is 14.5 Å². The molecule has 0 spiro atoms. The third kappa shape index (κ3) is 4.80. The summed E-state index contributed by atoms with van der Waals surface area (Å²) in [5.74, 6) is 0.983. The standard InChI is InChI=1S/C29H39ClN6OSi/c1-18-32-23-10-9-21(25(30)27(23)33-18)22-16-35(17-37-11-12-38(4,5)6)28-26(22)31-15-24(34-28)36-19-7-8-20(36)14-29(2,3)13-19/h9-10,15-16,18-20H,7-8,11-14,17H2,1-6H3/t18?,19-,20+. The van der Waals surface area contributed by atoms with E-state index in [0.717, 1.165) is 51.5 Å². The number of anilines is 1. The summed E-state index contributed by atoms with van der Waals surface area (Å²) in [6.07, 6.45) is 8.83. The second-order valence-corrected chi connectivity index (χ2v) is 19.3. The van der Waals surface area contributed by atoms with E-state index in [0.29, 0.717) is 29.3 Å². The van der Waals surface area contributed by atoms with E-state index in [4.69, 9.17) is 26.3 Å². The molecule has 0 aliphatic carbocycles. The molecule has 3 aliphatic rings. The molecule has 1 unspecified atom stereocenters. The largest absolute Gasteiger partial charge is 0.361 e. The number of rotatable bonds is 7. The molecule has 2 saturated heterocycles. The fourth-order valence-corrected chi connectivity index (χ4v) is 7.57. The van der Waals surface area contributed by atoms with Crippen molar-refractivity contribution >= 4 is 36.7 Å². The minimum Gasteiger partial charge on any atom is -0.361 e. The Labute approximate surface area is 231 Å². The zero-order valence-corrected chi connectivity index (χ0v) is 25.2. The Kier molecular flexibility index (Phi) is 6.43. The first-order chi connectivity index (χ1) is 18.0. The van der Waals surface area contributed by atoms with Crippen LogP contribution in [0.15, 0.2) is 34.5 Å². The van der Waals surface area contributed by atoms with Crippen LogP contribution in [0.5, 0.6) is 0 Å². The van der Waals surface area contributed by atoms with Crippen molar-refractivity contribution in [2.45, 2.75) is 97.1 Å². The number of ether oxygens (including phenoxy) is 1. The van der Waals surface area contributed by atoms with E-state index < -0.39 is 8.07 Å². The summed E-state index contributed by atoms with van der Waals surface area (Å²) in [7, 11) is -1.18. The average molecular weight is 551 g/mol. The fourth-order valence-electron chi connectivity index (χ4n) is 6.50. The lowest BCUT2D eigenvalue weighted by atomic mass is 9.78. The van der Waals surface area contributed by atoms with Crippen molar-refractivity contribution in [3.8, 4) is 11.1 Å². The molecule has 1 aromatic carbocycles. The van der Waals surface area contributed by atoms with Crippen LogP contribution in [0, 0.1) is 5.41 Å². The normalized spacial score (nSPS) is 24.0. The first-order valence-electron chi connectivity index (χ1n) is 14.0. The predicted molar refractivity (Wildman–Crippen MR) is 156 cm³/mol. The number of aromatic nitrogens is 3. The third-order valence-electron chi connectivity index (χ3n) is 8.27. The molecule has 38 heavy (non-hydrogen) atoms. The molecule has 3 atom stereocenters. The van der Waals surface area contributed by atoms with Crippen molar-refractivity contribution in [3.05, 3.63) is 40.3 Å². The number of hydrogen-bond donors (Lipinski definition) is 0. The number of nitrogens with zero attached hydrogens (tertiary/aromatic N) is 6. The lowest BCUT2D eigenvalue weighted by Gasteiger charge is -2.43. The van der Waals surface area contributed by atoms with E-state index in [9.17, 15) is 0 Å². The van der Waals surface area contributed by atoms with Gasteiger partial charge < -0.3 is 14.2 Å². The predicted octanol–water partition coefficient (Wildman–Crippen LogP) is 5.82. The summed E-state index contributed by atoms with van der Waals surface area (Å²) in [6, 6.07) is 6.23. The van der Waals surface area contributed by atoms with Gasteiger partial charge in [0.15, 0.2) is 5.65 Å². The van der Waals surface area contributed by atoms with Crippen molar-refractivity contribution in [1.29, 1.82) is 0 Å². The summed E-state index contributed by atoms with van der Waals surface area (Å²) < 4.78 is 8.29. The van der Waals surface area contributed by atoms with E-state index in [1.165, 1.54) is 25.7 Å². The van der Waals surface area contributed by atoms with Gasteiger partial charge in [0.1, 0.15) is 29.6 Å². The van der Waals surface area contributed by atoms with Crippen molar-refractivity contribution in [2.24, 2.45) is 15.4 Å². The van der Waals surface area contributed by atoms with E-state index in [1.54, 1.807) is 0 Å². The van der Waals surface area contributed by atoms with Crippen LogP contribution >= 0.6 is 11.6 Å². The van der Waals surface area contributed by atoms with Crippen molar-refractivity contribution in [2.75, 3.05) is 11.5 Å². The van der Waals surface area contributed by atoms with Gasteiger partial charge in [-0.25, -0.2) is 9.97 Å². The number of benzene rings is 1. The van der Waals surface area contributed by atoms with Gasteiger partial charge in [-0.2, -0.15) is 0 Å². The molecule has 0 radical (unpaired) electrons. The maximum Gasteiger partial charge on any atom is 0.163 e. The fraction of sp³-hybridized carbons (Fsp3) is 0.586. The van der Waals surface area contributed by atoms with E-state index in [-0.39, 0.29) is 6.17 Å². The molecular weight excluding hydrogens is 512 g/mol. The minimum atomic E-state index is -1.18. The second-order valence-electron chi connectivity index (χ2n) is 13.3. The number of hydrogen-bond acceptors (Lipinski definition) is 6. The van der Waals surface area contributed by atoms with Gasteiger partial charge in [0.05, 0.1) is 16.6 Å². The molecule has 0 amide bonds. The molecule has 3 aliphatic heterocycles. The molecule has 2 bridgehead atoms. The molecule has 202 valence electrons. The quantitative estimate of drug-likeness (QED) is 0.274. The first-order valence-corrected chi connectivity index (χ1v) is 18.0. The van der Waals surface area contributed by atoms with Gasteiger partial charge in [-0.1, -0.05) is 51.2 Å². The lowest BCUT2D eigenvalue weighted by Crippen LogP contribution is -2.46. The number of halogens is 1. The SMILES string of the molecule is CC1N=c2ccc(-c3cn(COCC[Si](C)(C)C)c4nc(N5[C@@H]6CC[C@H]5CC(C)(C)C6)cnc34)c(Cl)c2=N1. The van der Waals surface area contributed by atoms with Crippen LogP contribution in [0.3, 0.4) is 0 Å². The van der Waals surface area contributed by atoms with E-state index >= 15 is 0 Å². The van der Waals surface area contributed by atoms with Gasteiger partial charge >= 0.3 is 0 Å². The van der Waals surface area contributed by atoms with Crippen LogP contribution in [-0.2, 0) is 11.5 Å². The summed E-state index contributed by atoms with van der Waals surface area (Å²) in [5, 5.41) is 2.24. The molecule has 9 heteroatoms. The second kappa shape index (κ2) is 9.42. The minimum absolute atomic E-state index is 0.105. The van der Waals surface area contributed by atoms with E-state index in [1.807, 2.05) is 25.3 Å². The van der Waals surface area contributed by atoms with Gasteiger partial charge in [-0.3, -0.25) is 9.98 Å². The van der Waals surface area contributed by atoms with Crippen molar-refractivity contribution in [3.63, 3.8) is 0 Å². The molecule has 7 nitrogen and oxygen atoms in total. The number of fused-ring (bicyclic) bond motifs is 4. The molecule has 2 fully saturated rings. The van der Waals surface area contributed by atoms with Crippen LogP contribution in [-0.4, -0.2) is 47.5 Å². The summed E-state index contributed by atoms with van der Waals surface area (Å²) in [6.45, 7) is 15.1. The van der Waals surface area contributed by atoms with Crippen LogP contribution < -0.4 is 15.6 Å². The Morgan fingerprint density at radius 2 is 1.82 bits per heavy atom. The summed E-state index contributed by atoms with van der Waals surface area (Å²) >= 11 is 6.92. The Bertz CT molecular complexity index is 1490. The first kappa shape index (κ1) is 26.0. The van der Waals surface area contributed by atoms with E-state index in [2.05, 4.69) is 59.1 Å². The average Bonchev–Trinajstić information content (AvgIpc) is 3.48. The smallest absolute Gasteiger partial charge is 0.163 e. The lowest BCUT2D eigenvalue weighted by molar-refractivity contribution is 0.0899. The Morgan fingerprint density at radius 3 is 2.53 bits per heavy atom. The molecule has 3 aromatic rings. The van der Waals surface area contributed by atoms with Crippen molar-refractivity contribution < 1.29 is 4.74 Å². The van der Waals surface area contributed by atoms with Crippen LogP contribution in [0.1, 0.15) is 46.5 Å². The highest BCUT2D eigenvalue weighted by Crippen LogP contribution is 2.46. The van der Waals surface area contributed by atoms with Crippen LogP contribution in [0.4, 0.5) is 5.82 Å². The molecular formula is C29H39ClN6OSi. The molecule has 5 heterocycles. The summed E-state index contributed by atoms with van der Waals surface area (Å²) in [5.41, 5.74) is 3.94.